The number of carbonyl (C=O) groups is 1. The first kappa shape index (κ1) is 25.3. The number of rotatable bonds is 8. The van der Waals surface area contributed by atoms with Crippen LogP contribution in [0.3, 0.4) is 0 Å². The molecule has 9 heteroatoms. The Morgan fingerprint density at radius 1 is 1.59 bits per heavy atom. The van der Waals surface area contributed by atoms with E-state index in [-0.39, 0.29) is 30.3 Å². The number of hydrogen-bond donors (Lipinski definition) is 3. The summed E-state index contributed by atoms with van der Waals surface area (Å²) in [5.41, 5.74) is 7.79. The zero-order valence-electron chi connectivity index (χ0n) is 9.59. The molecule has 0 saturated heterocycles. The van der Waals surface area contributed by atoms with Crippen molar-refractivity contribution >= 4 is 37.1 Å². The second-order valence-corrected chi connectivity index (χ2v) is 2.67. The van der Waals surface area contributed by atoms with Crippen molar-refractivity contribution in [1.29, 1.82) is 0 Å². The Bertz CT molecular complexity index is 196. The van der Waals surface area contributed by atoms with Crippen LogP contribution in [-0.4, -0.2) is 42.1 Å². The SMILES string of the molecule is CCONC=NCCC[C@H](N)C(=O)O.Cl.Cl.O. The van der Waals surface area contributed by atoms with E-state index in [9.17, 15) is 4.79 Å². The molecular formula is C8H21Cl2N3O4. The summed E-state index contributed by atoms with van der Waals surface area (Å²) in [4.78, 5) is 19.0. The van der Waals surface area contributed by atoms with E-state index >= 15 is 0 Å². The predicted molar refractivity (Wildman–Crippen MR) is 71.1 cm³/mol. The molecule has 0 bridgehead atoms. The van der Waals surface area contributed by atoms with Crippen LogP contribution in [0, 0.1) is 0 Å². The van der Waals surface area contributed by atoms with Gasteiger partial charge in [-0.25, -0.2) is 0 Å². The van der Waals surface area contributed by atoms with Crippen molar-refractivity contribution < 1.29 is 20.2 Å². The van der Waals surface area contributed by atoms with Crippen LogP contribution >= 0.6 is 24.8 Å². The largest absolute Gasteiger partial charge is 0.480 e. The van der Waals surface area contributed by atoms with Gasteiger partial charge in [-0.2, -0.15) is 0 Å². The fourth-order valence-corrected chi connectivity index (χ4v) is 0.748. The van der Waals surface area contributed by atoms with Crippen molar-refractivity contribution in [2.24, 2.45) is 10.7 Å². The van der Waals surface area contributed by atoms with Gasteiger partial charge in [0.1, 0.15) is 12.4 Å². The van der Waals surface area contributed by atoms with Gasteiger partial charge >= 0.3 is 5.97 Å². The molecule has 0 heterocycles. The van der Waals surface area contributed by atoms with Gasteiger partial charge in [0.05, 0.1) is 6.61 Å². The Hall–Kier alpha value is -0.600. The van der Waals surface area contributed by atoms with Crippen LogP contribution in [0.15, 0.2) is 4.99 Å². The van der Waals surface area contributed by atoms with Crippen LogP contribution in [0.25, 0.3) is 0 Å². The van der Waals surface area contributed by atoms with Crippen molar-refractivity contribution in [3.63, 3.8) is 0 Å². The third-order valence-electron chi connectivity index (χ3n) is 1.49. The highest BCUT2D eigenvalue weighted by Gasteiger charge is 2.09. The van der Waals surface area contributed by atoms with Crippen molar-refractivity contribution in [3.8, 4) is 0 Å². The zero-order valence-corrected chi connectivity index (χ0v) is 11.2. The maximum atomic E-state index is 10.3. The molecule has 17 heavy (non-hydrogen) atoms. The Kier molecular flexibility index (Phi) is 26.5. The van der Waals surface area contributed by atoms with E-state index < -0.39 is 12.0 Å². The first-order chi connectivity index (χ1) is 6.68. The van der Waals surface area contributed by atoms with Crippen LogP contribution in [0.1, 0.15) is 19.8 Å². The summed E-state index contributed by atoms with van der Waals surface area (Å²) in [6.45, 7) is 2.96. The molecule has 6 N–H and O–H groups in total. The fourth-order valence-electron chi connectivity index (χ4n) is 0.748. The molecule has 0 rings (SSSR count). The highest BCUT2D eigenvalue weighted by atomic mass is 35.5. The van der Waals surface area contributed by atoms with Crippen molar-refractivity contribution in [1.82, 2.24) is 5.48 Å². The van der Waals surface area contributed by atoms with Crippen LogP contribution < -0.4 is 11.2 Å². The average molecular weight is 294 g/mol. The highest BCUT2D eigenvalue weighted by Crippen LogP contribution is 1.94. The highest BCUT2D eigenvalue weighted by molar-refractivity contribution is 5.85. The van der Waals surface area contributed by atoms with E-state index in [1.807, 2.05) is 6.92 Å². The lowest BCUT2D eigenvalue weighted by atomic mass is 10.2. The number of nitrogens with two attached hydrogens (primary N) is 1. The third kappa shape index (κ3) is 18.0. The second kappa shape index (κ2) is 17.8. The van der Waals surface area contributed by atoms with Crippen LogP contribution in [0.5, 0.6) is 0 Å². The summed E-state index contributed by atoms with van der Waals surface area (Å²) < 4.78 is 0. The predicted octanol–water partition coefficient (Wildman–Crippen LogP) is -0.233. The fraction of sp³-hybridized carbons (Fsp3) is 0.750. The van der Waals surface area contributed by atoms with Crippen molar-refractivity contribution in [2.75, 3.05) is 13.2 Å². The van der Waals surface area contributed by atoms with Gasteiger partial charge in [0.15, 0.2) is 0 Å². The Morgan fingerprint density at radius 2 is 2.18 bits per heavy atom. The maximum absolute atomic E-state index is 10.3. The number of halogens is 2. The van der Waals surface area contributed by atoms with Gasteiger partial charge in [0.2, 0.25) is 0 Å². The molecule has 106 valence electrons. The molecule has 0 radical (unpaired) electrons. The molecule has 0 amide bonds. The van der Waals surface area contributed by atoms with E-state index in [0.717, 1.165) is 0 Å². The molecule has 1 atom stereocenters. The summed E-state index contributed by atoms with van der Waals surface area (Å²) in [6.07, 6.45) is 2.52. The second-order valence-electron chi connectivity index (χ2n) is 2.67. The van der Waals surface area contributed by atoms with Gasteiger partial charge < -0.3 is 16.3 Å². The van der Waals surface area contributed by atoms with Gasteiger partial charge in [-0.05, 0) is 19.8 Å². The molecule has 0 aliphatic carbocycles. The van der Waals surface area contributed by atoms with Crippen molar-refractivity contribution in [3.05, 3.63) is 0 Å². The quantitative estimate of drug-likeness (QED) is 0.246. The van der Waals surface area contributed by atoms with E-state index in [0.29, 0.717) is 26.0 Å². The number of aliphatic carboxylic acids is 1. The number of hydrogen-bond acceptors (Lipinski definition) is 4. The molecule has 0 aromatic rings. The van der Waals surface area contributed by atoms with Crippen LogP contribution in [0.4, 0.5) is 0 Å². The normalized spacial score (nSPS) is 10.7. The molecule has 0 aliphatic rings. The molecule has 0 saturated carbocycles. The van der Waals surface area contributed by atoms with Gasteiger partial charge in [-0.3, -0.25) is 20.1 Å². The minimum Gasteiger partial charge on any atom is -0.480 e. The van der Waals surface area contributed by atoms with Crippen molar-refractivity contribution in [2.45, 2.75) is 25.8 Å². The average Bonchev–Trinajstić information content (AvgIpc) is 2.16. The van der Waals surface area contributed by atoms with E-state index in [1.165, 1.54) is 6.34 Å². The first-order valence-electron chi connectivity index (χ1n) is 4.52. The molecule has 0 fully saturated rings. The number of carboxylic acids is 1. The topological polar surface area (TPSA) is 128 Å². The lowest BCUT2D eigenvalue weighted by molar-refractivity contribution is -0.138. The minimum absolute atomic E-state index is 0. The van der Waals surface area contributed by atoms with Crippen LogP contribution in [-0.2, 0) is 9.63 Å². The monoisotopic (exact) mass is 293 g/mol. The number of hydroxylamine groups is 1. The molecular weight excluding hydrogens is 273 g/mol. The molecule has 0 aliphatic heterocycles. The maximum Gasteiger partial charge on any atom is 0.320 e. The van der Waals surface area contributed by atoms with Gasteiger partial charge in [0.25, 0.3) is 0 Å². The number of carboxylic acid groups (broad SMARTS) is 1. The summed E-state index contributed by atoms with van der Waals surface area (Å²) in [7, 11) is 0. The third-order valence-corrected chi connectivity index (χ3v) is 1.49. The summed E-state index contributed by atoms with van der Waals surface area (Å²) in [5.74, 6) is -0.971. The van der Waals surface area contributed by atoms with E-state index in [1.54, 1.807) is 0 Å². The zero-order chi connectivity index (χ0) is 10.8. The van der Waals surface area contributed by atoms with Gasteiger partial charge in [-0.15, -0.1) is 24.8 Å². The van der Waals surface area contributed by atoms with Gasteiger partial charge in [0, 0.05) is 6.54 Å². The Balaban J connectivity index is -0.000000282. The van der Waals surface area contributed by atoms with E-state index in [2.05, 4.69) is 10.5 Å². The lowest BCUT2D eigenvalue weighted by Crippen LogP contribution is -2.29. The molecule has 7 nitrogen and oxygen atoms in total. The Labute approximate surface area is 113 Å². The Morgan fingerprint density at radius 3 is 2.65 bits per heavy atom. The number of nitrogens with one attached hydrogen (secondary N) is 1. The first-order valence-corrected chi connectivity index (χ1v) is 4.52. The standard InChI is InChI=1S/C8H17N3O3.2ClH.H2O/c1-2-14-11-6-10-5-3-4-7(9)8(12)13;;;/h6-7H,2-5,9H2,1H3,(H,10,11)(H,12,13);2*1H;1H2/t7-;;;/m0.../s1. The molecule has 0 aromatic carbocycles. The smallest absolute Gasteiger partial charge is 0.320 e. The molecule has 0 spiro atoms. The summed E-state index contributed by atoms with van der Waals surface area (Å²) in [5, 5.41) is 8.46. The van der Waals surface area contributed by atoms with Crippen LogP contribution in [0.2, 0.25) is 0 Å². The minimum atomic E-state index is -0.971. The van der Waals surface area contributed by atoms with E-state index in [4.69, 9.17) is 15.7 Å². The summed E-state index contributed by atoms with van der Waals surface area (Å²) in [6, 6.07) is -0.787. The number of nitrogens with zero attached hydrogens (tertiary/aromatic N) is 1. The molecule has 0 unspecified atom stereocenters. The number of aliphatic imine (C=N–C) groups is 1. The summed E-state index contributed by atoms with van der Waals surface area (Å²) >= 11 is 0. The van der Waals surface area contributed by atoms with Gasteiger partial charge in [-0.1, -0.05) is 0 Å². The molecule has 0 aromatic heterocycles. The lowest BCUT2D eigenvalue weighted by Gasteiger charge is -2.03.